The first-order valence-electron chi connectivity index (χ1n) is 11.5. The van der Waals surface area contributed by atoms with Gasteiger partial charge >= 0.3 is 0 Å². The molecule has 0 aromatic carbocycles. The Morgan fingerprint density at radius 1 is 0.560 bits per heavy atom. The van der Waals surface area contributed by atoms with Crippen molar-refractivity contribution in [3.8, 4) is 0 Å². The van der Waals surface area contributed by atoms with E-state index in [1.165, 1.54) is 96.3 Å². The summed E-state index contributed by atoms with van der Waals surface area (Å²) in [6.07, 6.45) is 23.5. The van der Waals surface area contributed by atoms with Crippen molar-refractivity contribution in [1.29, 1.82) is 0 Å². The van der Waals surface area contributed by atoms with Gasteiger partial charge in [-0.15, -0.1) is 0 Å². The molecule has 25 heavy (non-hydrogen) atoms. The predicted octanol–water partition coefficient (Wildman–Crippen LogP) is 6.34. The molecule has 0 spiro atoms. The third-order valence-corrected chi connectivity index (χ3v) is 5.51. The van der Waals surface area contributed by atoms with Gasteiger partial charge in [0.25, 0.3) is 0 Å². The van der Waals surface area contributed by atoms with Crippen molar-refractivity contribution in [3.63, 3.8) is 0 Å². The highest BCUT2D eigenvalue weighted by molar-refractivity contribution is 5.97. The van der Waals surface area contributed by atoms with E-state index in [1.807, 2.05) is 0 Å². The van der Waals surface area contributed by atoms with Gasteiger partial charge in [0.1, 0.15) is 10.5 Å². The second-order valence-corrected chi connectivity index (χ2v) is 8.24. The van der Waals surface area contributed by atoms with E-state index < -0.39 is 0 Å². The Bertz CT molecular complexity index is 236. The molecule has 152 valence electrons. The Morgan fingerprint density at radius 2 is 1.00 bits per heavy atom. The first-order chi connectivity index (χ1) is 12.3. The maximum atomic E-state index is 6.22. The van der Waals surface area contributed by atoms with Crippen molar-refractivity contribution < 1.29 is 9.16 Å². The van der Waals surface area contributed by atoms with Crippen LogP contribution < -0.4 is 0 Å². The smallest absolute Gasteiger partial charge is 0.145 e. The molecule has 0 saturated carbocycles. The van der Waals surface area contributed by atoms with Gasteiger partial charge < -0.3 is 9.16 Å². The van der Waals surface area contributed by atoms with Crippen LogP contribution in [0.25, 0.3) is 0 Å². The highest BCUT2D eigenvalue weighted by Gasteiger charge is 2.09. The van der Waals surface area contributed by atoms with Gasteiger partial charge in [-0.2, -0.15) is 0 Å². The summed E-state index contributed by atoms with van der Waals surface area (Å²) in [5.41, 5.74) is 0. The van der Waals surface area contributed by atoms with Crippen LogP contribution in [-0.4, -0.2) is 29.8 Å². The number of ether oxygens (including phenoxy) is 1. The largest absolute Gasteiger partial charge is 0.428 e. The van der Waals surface area contributed by atoms with Gasteiger partial charge in [0.15, 0.2) is 0 Å². The molecule has 1 unspecified atom stereocenters. The lowest BCUT2D eigenvalue weighted by Gasteiger charge is -2.18. The number of hydrogen-bond donors (Lipinski definition) is 0. The molecule has 0 aliphatic heterocycles. The van der Waals surface area contributed by atoms with Crippen LogP contribution in [0.15, 0.2) is 0 Å². The van der Waals surface area contributed by atoms with Crippen LogP contribution in [0.1, 0.15) is 123 Å². The van der Waals surface area contributed by atoms with Gasteiger partial charge in [0.2, 0.25) is 0 Å². The molecule has 0 rings (SSSR count). The molecular formula is C22H48O2Si. The molecule has 0 heterocycles. The zero-order valence-electron chi connectivity index (χ0n) is 17.8. The van der Waals surface area contributed by atoms with Crippen LogP contribution in [0.2, 0.25) is 0 Å². The van der Waals surface area contributed by atoms with E-state index >= 15 is 0 Å². The molecule has 0 radical (unpaired) electrons. The molecular weight excluding hydrogens is 324 g/mol. The zero-order chi connectivity index (χ0) is 18.4. The topological polar surface area (TPSA) is 18.5 Å². The van der Waals surface area contributed by atoms with E-state index in [1.54, 1.807) is 0 Å². The lowest BCUT2D eigenvalue weighted by molar-refractivity contribution is 0.0347. The quantitative estimate of drug-likeness (QED) is 0.173. The van der Waals surface area contributed by atoms with Gasteiger partial charge in [-0.25, -0.2) is 0 Å². The lowest BCUT2D eigenvalue weighted by atomic mass is 10.0. The molecule has 0 N–H and O–H groups in total. The normalized spacial score (nSPS) is 12.7. The highest BCUT2D eigenvalue weighted by Crippen LogP contribution is 2.17. The molecule has 1 atom stereocenters. The fourth-order valence-electron chi connectivity index (χ4n) is 3.39. The maximum Gasteiger partial charge on any atom is 0.145 e. The first kappa shape index (κ1) is 25.1. The molecule has 0 aromatic heterocycles. The second kappa shape index (κ2) is 22.2. The minimum atomic E-state index is 0.513. The van der Waals surface area contributed by atoms with E-state index in [2.05, 4.69) is 13.8 Å². The van der Waals surface area contributed by atoms with Gasteiger partial charge in [0.05, 0.1) is 6.10 Å². The van der Waals surface area contributed by atoms with Crippen LogP contribution in [0, 0.1) is 0 Å². The van der Waals surface area contributed by atoms with Crippen molar-refractivity contribution in [2.24, 2.45) is 0 Å². The van der Waals surface area contributed by atoms with Crippen LogP contribution in [0.4, 0.5) is 0 Å². The summed E-state index contributed by atoms with van der Waals surface area (Å²) in [6.45, 7) is 6.44. The molecule has 0 bridgehead atoms. The number of hydrogen-bond acceptors (Lipinski definition) is 2. The molecule has 0 aliphatic rings. The summed E-state index contributed by atoms with van der Waals surface area (Å²) in [5.74, 6) is 0. The minimum absolute atomic E-state index is 0.513. The lowest BCUT2D eigenvalue weighted by Crippen LogP contribution is -2.14. The highest BCUT2D eigenvalue weighted by atomic mass is 28.2. The number of rotatable bonds is 21. The Hall–Kier alpha value is 0.137. The first-order valence-corrected chi connectivity index (χ1v) is 12.3. The Balaban J connectivity index is 3.74. The number of unbranched alkanes of at least 4 members (excludes halogenated alkanes) is 12. The van der Waals surface area contributed by atoms with Crippen molar-refractivity contribution in [3.05, 3.63) is 0 Å². The molecule has 0 fully saturated rings. The van der Waals surface area contributed by atoms with Gasteiger partial charge in [0, 0.05) is 13.2 Å². The average molecular weight is 373 g/mol. The zero-order valence-corrected chi connectivity index (χ0v) is 19.8. The Morgan fingerprint density at radius 3 is 1.48 bits per heavy atom. The second-order valence-electron chi connectivity index (χ2n) is 7.66. The van der Waals surface area contributed by atoms with Crippen molar-refractivity contribution in [2.45, 2.75) is 129 Å². The Kier molecular flexibility index (Phi) is 22.3. The van der Waals surface area contributed by atoms with E-state index in [0.717, 1.165) is 36.5 Å². The fourth-order valence-corrected chi connectivity index (χ4v) is 3.68. The van der Waals surface area contributed by atoms with Gasteiger partial charge in [-0.05, 0) is 25.7 Å². The Labute approximate surface area is 162 Å². The summed E-state index contributed by atoms with van der Waals surface area (Å²) >= 11 is 0. The molecule has 0 aromatic rings. The fraction of sp³-hybridized carbons (Fsp3) is 1.00. The summed E-state index contributed by atoms with van der Waals surface area (Å²) < 4.78 is 11.5. The minimum Gasteiger partial charge on any atom is -0.428 e. The van der Waals surface area contributed by atoms with Crippen LogP contribution >= 0.6 is 0 Å². The van der Waals surface area contributed by atoms with E-state index in [0.29, 0.717) is 6.10 Å². The van der Waals surface area contributed by atoms with E-state index in [-0.39, 0.29) is 0 Å². The van der Waals surface area contributed by atoms with Crippen LogP contribution in [-0.2, 0) is 9.16 Å². The SMILES string of the molecule is CCCCCCCCCC(CCCCCCCC)OCCCCO[SiH3]. The monoisotopic (exact) mass is 372 g/mol. The summed E-state index contributed by atoms with van der Waals surface area (Å²) in [7, 11) is 0.867. The molecule has 3 heteroatoms. The maximum absolute atomic E-state index is 6.22. The van der Waals surface area contributed by atoms with Crippen LogP contribution in [0.5, 0.6) is 0 Å². The van der Waals surface area contributed by atoms with Crippen molar-refractivity contribution >= 4 is 10.5 Å². The predicted molar refractivity (Wildman–Crippen MR) is 115 cm³/mol. The van der Waals surface area contributed by atoms with Crippen LogP contribution in [0.3, 0.4) is 0 Å². The summed E-state index contributed by atoms with van der Waals surface area (Å²) in [4.78, 5) is 0. The van der Waals surface area contributed by atoms with Gasteiger partial charge in [-0.3, -0.25) is 0 Å². The molecule has 0 amide bonds. The van der Waals surface area contributed by atoms with E-state index in [4.69, 9.17) is 9.16 Å². The van der Waals surface area contributed by atoms with Crippen molar-refractivity contribution in [2.75, 3.05) is 13.2 Å². The van der Waals surface area contributed by atoms with Crippen molar-refractivity contribution in [1.82, 2.24) is 0 Å². The molecule has 2 nitrogen and oxygen atoms in total. The summed E-state index contributed by atoms with van der Waals surface area (Å²) in [6, 6.07) is 0. The summed E-state index contributed by atoms with van der Waals surface area (Å²) in [5, 5.41) is 0. The third kappa shape index (κ3) is 20.3. The standard InChI is InChI=1S/C22H48O2Si/c1-3-5-7-9-11-13-15-19-22(23-20-16-17-21-24-25)18-14-12-10-8-6-4-2/h22H,3-21H2,1-2,25H3. The average Bonchev–Trinajstić information content (AvgIpc) is 2.62. The molecule has 0 saturated heterocycles. The van der Waals surface area contributed by atoms with Gasteiger partial charge in [-0.1, -0.05) is 97.3 Å². The third-order valence-electron chi connectivity index (χ3n) is 5.11. The molecule has 0 aliphatic carbocycles. The van der Waals surface area contributed by atoms with E-state index in [9.17, 15) is 0 Å².